The Morgan fingerprint density at radius 3 is 2.67 bits per heavy atom. The first-order chi connectivity index (χ1) is 10.3. The molecule has 21 heavy (non-hydrogen) atoms. The molecule has 0 spiro atoms. The van der Waals surface area contributed by atoms with Crippen LogP contribution in [0, 0.1) is 0 Å². The number of nitrogens with two attached hydrogens (primary N) is 1. The van der Waals surface area contributed by atoms with Gasteiger partial charge in [-0.3, -0.25) is 0 Å². The van der Waals surface area contributed by atoms with E-state index in [-0.39, 0.29) is 6.61 Å². The third kappa shape index (κ3) is 3.59. The average Bonchev–Trinajstić information content (AvgIpc) is 2.54. The highest BCUT2D eigenvalue weighted by atomic mass is 16.5. The number of nitrogens with one attached hydrogen (secondary N) is 1. The molecule has 1 heterocycles. The van der Waals surface area contributed by atoms with Crippen molar-refractivity contribution >= 4 is 11.6 Å². The van der Waals surface area contributed by atoms with Crippen LogP contribution in [-0.2, 0) is 6.54 Å². The van der Waals surface area contributed by atoms with Crippen molar-refractivity contribution in [2.75, 3.05) is 30.6 Å². The van der Waals surface area contributed by atoms with Gasteiger partial charge in [0.05, 0.1) is 13.7 Å². The minimum atomic E-state index is 0.00533. The number of hydrogen-bond acceptors (Lipinski definition) is 7. The normalized spacial score (nSPS) is 10.2. The Bertz CT molecular complexity index is 565. The fourth-order valence-electron chi connectivity index (χ4n) is 2.06. The van der Waals surface area contributed by atoms with E-state index in [1.807, 2.05) is 35.2 Å². The zero-order valence-electron chi connectivity index (χ0n) is 11.9. The summed E-state index contributed by atoms with van der Waals surface area (Å²) in [6.45, 7) is 1.02. The van der Waals surface area contributed by atoms with Crippen molar-refractivity contribution in [3.8, 4) is 5.75 Å². The van der Waals surface area contributed by atoms with E-state index in [0.717, 1.165) is 5.56 Å². The van der Waals surface area contributed by atoms with Gasteiger partial charge in [0.2, 0.25) is 5.75 Å². The van der Waals surface area contributed by atoms with Crippen LogP contribution in [0.5, 0.6) is 5.75 Å². The van der Waals surface area contributed by atoms with Crippen molar-refractivity contribution in [3.63, 3.8) is 0 Å². The highest BCUT2D eigenvalue weighted by Crippen LogP contribution is 2.31. The van der Waals surface area contributed by atoms with Gasteiger partial charge in [-0.05, 0) is 5.56 Å². The zero-order chi connectivity index (χ0) is 15.1. The van der Waals surface area contributed by atoms with Gasteiger partial charge in [0, 0.05) is 13.1 Å². The minimum Gasteiger partial charge on any atom is -0.490 e. The maximum absolute atomic E-state index is 9.30. The number of hydrazine groups is 1. The van der Waals surface area contributed by atoms with Crippen LogP contribution in [0.3, 0.4) is 0 Å². The molecule has 112 valence electrons. The standard InChI is InChI=1S/C14H19N5O2/c1-21-12-13(18-15)16-10-17-14(12)19(7-8-20)9-11-5-3-2-4-6-11/h2-6,10,20H,7-9,15H2,1H3,(H,16,17,18). The van der Waals surface area contributed by atoms with Gasteiger partial charge >= 0.3 is 0 Å². The number of aromatic nitrogens is 2. The molecule has 0 bridgehead atoms. The number of rotatable bonds is 7. The summed E-state index contributed by atoms with van der Waals surface area (Å²) in [6, 6.07) is 9.93. The lowest BCUT2D eigenvalue weighted by Gasteiger charge is -2.25. The molecule has 0 atom stereocenters. The monoisotopic (exact) mass is 289 g/mol. The number of aliphatic hydroxyl groups is 1. The van der Waals surface area contributed by atoms with E-state index in [0.29, 0.717) is 30.5 Å². The maximum Gasteiger partial charge on any atom is 0.205 e. The predicted octanol–water partition coefficient (Wildman–Crippen LogP) is 0.770. The summed E-state index contributed by atoms with van der Waals surface area (Å²) < 4.78 is 5.34. The first-order valence-corrected chi connectivity index (χ1v) is 6.55. The highest BCUT2D eigenvalue weighted by Gasteiger charge is 2.17. The van der Waals surface area contributed by atoms with Gasteiger partial charge < -0.3 is 20.2 Å². The van der Waals surface area contributed by atoms with Crippen LogP contribution in [0.1, 0.15) is 5.56 Å². The van der Waals surface area contributed by atoms with E-state index in [1.165, 1.54) is 13.4 Å². The van der Waals surface area contributed by atoms with E-state index in [2.05, 4.69) is 15.4 Å². The molecule has 0 aliphatic carbocycles. The molecule has 0 aliphatic heterocycles. The quantitative estimate of drug-likeness (QED) is 0.511. The first-order valence-electron chi connectivity index (χ1n) is 6.55. The molecule has 0 saturated heterocycles. The molecule has 1 aromatic heterocycles. The molecule has 7 nitrogen and oxygen atoms in total. The topological polar surface area (TPSA) is 96.5 Å². The lowest BCUT2D eigenvalue weighted by molar-refractivity contribution is 0.300. The number of aliphatic hydroxyl groups excluding tert-OH is 1. The number of benzene rings is 1. The lowest BCUT2D eigenvalue weighted by atomic mass is 10.2. The molecular formula is C14H19N5O2. The van der Waals surface area contributed by atoms with E-state index in [1.54, 1.807) is 0 Å². The van der Waals surface area contributed by atoms with Gasteiger partial charge in [0.25, 0.3) is 0 Å². The van der Waals surface area contributed by atoms with Crippen molar-refractivity contribution in [1.29, 1.82) is 0 Å². The van der Waals surface area contributed by atoms with Gasteiger partial charge in [-0.1, -0.05) is 30.3 Å². The number of nitrogens with zero attached hydrogens (tertiary/aromatic N) is 3. The summed E-state index contributed by atoms with van der Waals surface area (Å²) in [5, 5.41) is 9.30. The molecule has 0 radical (unpaired) electrons. The Morgan fingerprint density at radius 2 is 2.05 bits per heavy atom. The lowest BCUT2D eigenvalue weighted by Crippen LogP contribution is -2.28. The molecule has 7 heteroatoms. The van der Waals surface area contributed by atoms with Gasteiger partial charge in [-0.2, -0.15) is 0 Å². The summed E-state index contributed by atoms with van der Waals surface area (Å²) in [5.41, 5.74) is 3.59. The molecule has 0 unspecified atom stereocenters. The van der Waals surface area contributed by atoms with Crippen molar-refractivity contribution in [3.05, 3.63) is 42.2 Å². The Labute approximate surface area is 123 Å². The second-order valence-corrected chi connectivity index (χ2v) is 4.35. The van der Waals surface area contributed by atoms with Crippen LogP contribution in [-0.4, -0.2) is 35.3 Å². The molecule has 1 aromatic carbocycles. The van der Waals surface area contributed by atoms with Crippen LogP contribution in [0.4, 0.5) is 11.6 Å². The summed E-state index contributed by atoms with van der Waals surface area (Å²) >= 11 is 0. The number of nitrogen functional groups attached to an aromatic ring is 1. The molecule has 0 aliphatic rings. The second-order valence-electron chi connectivity index (χ2n) is 4.35. The predicted molar refractivity (Wildman–Crippen MR) is 81.0 cm³/mol. The molecule has 0 saturated carbocycles. The zero-order valence-corrected chi connectivity index (χ0v) is 11.9. The van der Waals surface area contributed by atoms with Crippen LogP contribution < -0.4 is 20.9 Å². The Hall–Kier alpha value is -2.38. The highest BCUT2D eigenvalue weighted by molar-refractivity contribution is 5.64. The fraction of sp³-hybridized carbons (Fsp3) is 0.286. The van der Waals surface area contributed by atoms with Crippen molar-refractivity contribution in [2.45, 2.75) is 6.54 Å². The van der Waals surface area contributed by atoms with Gasteiger partial charge in [-0.15, -0.1) is 0 Å². The third-order valence-corrected chi connectivity index (χ3v) is 3.01. The Balaban J connectivity index is 2.34. The summed E-state index contributed by atoms with van der Waals surface area (Å²) in [4.78, 5) is 10.2. The number of hydrogen-bond donors (Lipinski definition) is 3. The molecular weight excluding hydrogens is 270 g/mol. The number of methoxy groups -OCH3 is 1. The van der Waals surface area contributed by atoms with E-state index < -0.39 is 0 Å². The minimum absolute atomic E-state index is 0.00533. The van der Waals surface area contributed by atoms with Crippen molar-refractivity contribution in [1.82, 2.24) is 9.97 Å². The third-order valence-electron chi connectivity index (χ3n) is 3.01. The molecule has 2 aromatic rings. The largest absolute Gasteiger partial charge is 0.490 e. The van der Waals surface area contributed by atoms with Gasteiger partial charge in [0.1, 0.15) is 6.33 Å². The van der Waals surface area contributed by atoms with Crippen LogP contribution in [0.15, 0.2) is 36.7 Å². The fourth-order valence-corrected chi connectivity index (χ4v) is 2.06. The molecule has 0 fully saturated rings. The molecule has 4 N–H and O–H groups in total. The Morgan fingerprint density at radius 1 is 1.29 bits per heavy atom. The summed E-state index contributed by atoms with van der Waals surface area (Å²) in [7, 11) is 1.53. The van der Waals surface area contributed by atoms with Crippen LogP contribution in [0.2, 0.25) is 0 Å². The van der Waals surface area contributed by atoms with Gasteiger partial charge in [0.15, 0.2) is 11.6 Å². The van der Waals surface area contributed by atoms with E-state index in [4.69, 9.17) is 10.6 Å². The van der Waals surface area contributed by atoms with Crippen molar-refractivity contribution in [2.24, 2.45) is 5.84 Å². The summed E-state index contributed by atoms with van der Waals surface area (Å²) in [5.74, 6) is 6.87. The second kappa shape index (κ2) is 7.41. The number of ether oxygens (including phenoxy) is 1. The Kier molecular flexibility index (Phi) is 5.30. The SMILES string of the molecule is COc1c(NN)ncnc1N(CCO)Cc1ccccc1. The van der Waals surface area contributed by atoms with Crippen molar-refractivity contribution < 1.29 is 9.84 Å². The van der Waals surface area contributed by atoms with Crippen LogP contribution >= 0.6 is 0 Å². The molecule has 0 amide bonds. The van der Waals surface area contributed by atoms with Crippen LogP contribution in [0.25, 0.3) is 0 Å². The first kappa shape index (κ1) is 15.0. The maximum atomic E-state index is 9.30. The number of anilines is 2. The average molecular weight is 289 g/mol. The smallest absolute Gasteiger partial charge is 0.205 e. The summed E-state index contributed by atoms with van der Waals surface area (Å²) in [6.07, 6.45) is 1.41. The molecule has 2 rings (SSSR count). The van der Waals surface area contributed by atoms with E-state index >= 15 is 0 Å². The van der Waals surface area contributed by atoms with Gasteiger partial charge in [-0.25, -0.2) is 15.8 Å². The van der Waals surface area contributed by atoms with E-state index in [9.17, 15) is 5.11 Å².